The summed E-state index contributed by atoms with van der Waals surface area (Å²) in [6, 6.07) is 14.2. The fourth-order valence-electron chi connectivity index (χ4n) is 2.32. The van der Waals surface area contributed by atoms with E-state index >= 15 is 0 Å². The quantitative estimate of drug-likeness (QED) is 0.670. The Morgan fingerprint density at radius 2 is 1.81 bits per heavy atom. The number of hydrogen-bond acceptors (Lipinski definition) is 6. The smallest absolute Gasteiger partial charge is 0.277 e. The van der Waals surface area contributed by atoms with Gasteiger partial charge in [0.1, 0.15) is 5.75 Å². The van der Waals surface area contributed by atoms with Crippen molar-refractivity contribution in [2.75, 3.05) is 11.9 Å². The van der Waals surface area contributed by atoms with Crippen LogP contribution in [-0.2, 0) is 10.0 Å². The number of nitrogens with two attached hydrogens (primary N) is 1. The van der Waals surface area contributed by atoms with Crippen LogP contribution in [0.5, 0.6) is 5.75 Å². The Hall–Kier alpha value is -3.17. The molecular formula is C18H17N3O5S. The number of anilines is 1. The molecule has 0 unspecified atom stereocenters. The second kappa shape index (κ2) is 7.60. The highest BCUT2D eigenvalue weighted by atomic mass is 32.2. The zero-order chi connectivity index (χ0) is 19.4. The van der Waals surface area contributed by atoms with Gasteiger partial charge in [-0.05, 0) is 55.5 Å². The molecule has 0 bridgehead atoms. The maximum atomic E-state index is 12.3. The Morgan fingerprint density at radius 1 is 1.15 bits per heavy atom. The third-order valence-electron chi connectivity index (χ3n) is 3.63. The summed E-state index contributed by atoms with van der Waals surface area (Å²) in [5.41, 5.74) is 1.25. The van der Waals surface area contributed by atoms with Crippen molar-refractivity contribution < 1.29 is 22.5 Å². The molecule has 3 rings (SSSR count). The van der Waals surface area contributed by atoms with Gasteiger partial charge in [0, 0.05) is 17.3 Å². The molecular weight excluding hydrogens is 370 g/mol. The molecule has 0 aliphatic rings. The lowest BCUT2D eigenvalue weighted by atomic mass is 10.1. The Morgan fingerprint density at radius 3 is 2.41 bits per heavy atom. The van der Waals surface area contributed by atoms with Gasteiger partial charge in [0.15, 0.2) is 11.5 Å². The number of primary sulfonamides is 1. The van der Waals surface area contributed by atoms with Crippen molar-refractivity contribution in [2.24, 2.45) is 5.14 Å². The van der Waals surface area contributed by atoms with E-state index in [2.05, 4.69) is 10.5 Å². The van der Waals surface area contributed by atoms with Gasteiger partial charge in [-0.15, -0.1) is 0 Å². The molecule has 3 N–H and O–H groups in total. The summed E-state index contributed by atoms with van der Waals surface area (Å²) in [6.07, 6.45) is 0. The van der Waals surface area contributed by atoms with E-state index in [0.717, 1.165) is 11.3 Å². The zero-order valence-corrected chi connectivity index (χ0v) is 15.2. The molecule has 2 aromatic carbocycles. The summed E-state index contributed by atoms with van der Waals surface area (Å²) < 4.78 is 33.1. The highest BCUT2D eigenvalue weighted by molar-refractivity contribution is 7.89. The Balaban J connectivity index is 1.71. The number of nitrogens with zero attached hydrogens (tertiary/aromatic N) is 1. The number of aromatic nitrogens is 1. The fourth-order valence-corrected chi connectivity index (χ4v) is 2.84. The minimum atomic E-state index is -3.78. The lowest BCUT2D eigenvalue weighted by Gasteiger charge is -2.03. The van der Waals surface area contributed by atoms with Crippen molar-refractivity contribution in [2.45, 2.75) is 11.8 Å². The summed E-state index contributed by atoms with van der Waals surface area (Å²) in [5, 5.41) is 11.4. The number of nitrogens with one attached hydrogen (secondary N) is 1. The largest absolute Gasteiger partial charge is 0.494 e. The van der Waals surface area contributed by atoms with Gasteiger partial charge < -0.3 is 14.6 Å². The highest BCUT2D eigenvalue weighted by Crippen LogP contribution is 2.23. The number of rotatable bonds is 6. The predicted octanol–water partition coefficient (Wildman–Crippen LogP) is 2.64. The van der Waals surface area contributed by atoms with Crippen LogP contribution >= 0.6 is 0 Å². The normalized spacial score (nSPS) is 11.2. The molecule has 1 heterocycles. The second-order valence-corrected chi connectivity index (χ2v) is 7.12. The Labute approximate surface area is 156 Å². The van der Waals surface area contributed by atoms with Crippen LogP contribution < -0.4 is 15.2 Å². The number of sulfonamides is 1. The summed E-state index contributed by atoms with van der Waals surface area (Å²) >= 11 is 0. The van der Waals surface area contributed by atoms with Gasteiger partial charge in [-0.3, -0.25) is 4.79 Å². The van der Waals surface area contributed by atoms with Gasteiger partial charge in [-0.2, -0.15) is 0 Å². The van der Waals surface area contributed by atoms with Gasteiger partial charge in [-0.1, -0.05) is 5.16 Å². The standard InChI is InChI=1S/C18H17N3O5S/c1-2-25-14-7-3-12(4-8-14)17-11-16(21-26-17)18(22)20-13-5-9-15(10-6-13)27(19,23)24/h3-11H,2H2,1H3,(H,20,22)(H2,19,23,24). The van der Waals surface area contributed by atoms with Crippen LogP contribution in [0, 0.1) is 0 Å². The molecule has 0 atom stereocenters. The van der Waals surface area contributed by atoms with Crippen LogP contribution in [0.1, 0.15) is 17.4 Å². The van der Waals surface area contributed by atoms with Crippen LogP contribution in [0.2, 0.25) is 0 Å². The van der Waals surface area contributed by atoms with Crippen molar-refractivity contribution in [1.29, 1.82) is 0 Å². The van der Waals surface area contributed by atoms with Crippen molar-refractivity contribution >= 4 is 21.6 Å². The predicted molar refractivity (Wildman–Crippen MR) is 98.9 cm³/mol. The van der Waals surface area contributed by atoms with Crippen LogP contribution in [-0.4, -0.2) is 26.1 Å². The molecule has 0 aliphatic heterocycles. The third kappa shape index (κ3) is 4.52. The highest BCUT2D eigenvalue weighted by Gasteiger charge is 2.15. The topological polar surface area (TPSA) is 125 Å². The van der Waals surface area contributed by atoms with E-state index in [9.17, 15) is 13.2 Å². The number of carbonyl (C=O) groups is 1. The lowest BCUT2D eigenvalue weighted by Crippen LogP contribution is -2.14. The molecule has 9 heteroatoms. The van der Waals surface area contributed by atoms with E-state index < -0.39 is 15.9 Å². The maximum absolute atomic E-state index is 12.3. The Kier molecular flexibility index (Phi) is 5.24. The molecule has 3 aromatic rings. The first-order valence-corrected chi connectivity index (χ1v) is 9.55. The van der Waals surface area contributed by atoms with Crippen molar-refractivity contribution in [3.8, 4) is 17.1 Å². The molecule has 1 aromatic heterocycles. The number of hydrogen-bond donors (Lipinski definition) is 2. The maximum Gasteiger partial charge on any atom is 0.277 e. The molecule has 0 aliphatic carbocycles. The molecule has 8 nitrogen and oxygen atoms in total. The van der Waals surface area contributed by atoms with Gasteiger partial charge in [-0.25, -0.2) is 13.6 Å². The summed E-state index contributed by atoms with van der Waals surface area (Å²) in [6.45, 7) is 2.47. The van der Waals surface area contributed by atoms with Crippen LogP contribution in [0.3, 0.4) is 0 Å². The van der Waals surface area contributed by atoms with E-state index in [0.29, 0.717) is 18.1 Å². The minimum Gasteiger partial charge on any atom is -0.494 e. The number of amides is 1. The van der Waals surface area contributed by atoms with E-state index in [1.54, 1.807) is 24.3 Å². The minimum absolute atomic E-state index is 0.0419. The average Bonchev–Trinajstić information content (AvgIpc) is 3.13. The van der Waals surface area contributed by atoms with Gasteiger partial charge in [0.05, 0.1) is 11.5 Å². The van der Waals surface area contributed by atoms with E-state index in [1.807, 2.05) is 6.92 Å². The van der Waals surface area contributed by atoms with E-state index in [4.69, 9.17) is 14.4 Å². The number of benzene rings is 2. The molecule has 0 saturated carbocycles. The molecule has 1 amide bonds. The van der Waals surface area contributed by atoms with Gasteiger partial charge in [0.2, 0.25) is 10.0 Å². The van der Waals surface area contributed by atoms with Crippen molar-refractivity contribution in [1.82, 2.24) is 5.16 Å². The van der Waals surface area contributed by atoms with Gasteiger partial charge in [0.25, 0.3) is 5.91 Å². The van der Waals surface area contributed by atoms with Crippen LogP contribution in [0.4, 0.5) is 5.69 Å². The summed E-state index contributed by atoms with van der Waals surface area (Å²) in [5.74, 6) is 0.689. The molecule has 0 fully saturated rings. The lowest BCUT2D eigenvalue weighted by molar-refractivity contribution is 0.101. The van der Waals surface area contributed by atoms with Crippen LogP contribution in [0.15, 0.2) is 64.0 Å². The first-order valence-electron chi connectivity index (χ1n) is 8.01. The average molecular weight is 387 g/mol. The molecule has 0 spiro atoms. The molecule has 27 heavy (non-hydrogen) atoms. The van der Waals surface area contributed by atoms with Crippen molar-refractivity contribution in [3.63, 3.8) is 0 Å². The van der Waals surface area contributed by atoms with Gasteiger partial charge >= 0.3 is 0 Å². The first kappa shape index (κ1) is 18.6. The number of ether oxygens (including phenoxy) is 1. The summed E-state index contributed by atoms with van der Waals surface area (Å²) in [7, 11) is -3.78. The molecule has 0 saturated heterocycles. The first-order chi connectivity index (χ1) is 12.9. The SMILES string of the molecule is CCOc1ccc(-c2cc(C(=O)Nc3ccc(S(N)(=O)=O)cc3)no2)cc1. The summed E-state index contributed by atoms with van der Waals surface area (Å²) in [4.78, 5) is 12.2. The zero-order valence-electron chi connectivity index (χ0n) is 14.4. The third-order valence-corrected chi connectivity index (χ3v) is 4.56. The second-order valence-electron chi connectivity index (χ2n) is 5.56. The molecule has 0 radical (unpaired) electrons. The van der Waals surface area contributed by atoms with E-state index in [-0.39, 0.29) is 10.6 Å². The number of carbonyl (C=O) groups excluding carboxylic acids is 1. The van der Waals surface area contributed by atoms with Crippen molar-refractivity contribution in [3.05, 3.63) is 60.3 Å². The van der Waals surface area contributed by atoms with E-state index in [1.165, 1.54) is 30.3 Å². The monoisotopic (exact) mass is 387 g/mol. The fraction of sp³-hybridized carbons (Fsp3) is 0.111. The van der Waals surface area contributed by atoms with Crippen LogP contribution in [0.25, 0.3) is 11.3 Å². The molecule has 140 valence electrons. The Bertz CT molecular complexity index is 1040.